The molecule has 0 radical (unpaired) electrons. The van der Waals surface area contributed by atoms with Crippen LogP contribution in [-0.2, 0) is 14.4 Å². The number of piperidine rings is 1. The van der Waals surface area contributed by atoms with Crippen molar-refractivity contribution in [3.05, 3.63) is 53.6 Å². The van der Waals surface area contributed by atoms with Crippen LogP contribution >= 0.6 is 11.8 Å². The third kappa shape index (κ3) is 4.77. The molecule has 1 saturated heterocycles. The Bertz CT molecular complexity index is 997. The molecule has 0 saturated carbocycles. The fourth-order valence-corrected chi connectivity index (χ4v) is 5.40. The summed E-state index contributed by atoms with van der Waals surface area (Å²) >= 11 is 1.29. The van der Waals surface area contributed by atoms with E-state index in [9.17, 15) is 14.4 Å². The second-order valence-corrected chi connectivity index (χ2v) is 9.35. The van der Waals surface area contributed by atoms with E-state index in [0.29, 0.717) is 24.5 Å². The molecule has 3 amide bonds. The van der Waals surface area contributed by atoms with Gasteiger partial charge in [0.15, 0.2) is 5.25 Å². The third-order valence-electron chi connectivity index (χ3n) is 5.59. The van der Waals surface area contributed by atoms with Gasteiger partial charge in [-0.05, 0) is 68.5 Å². The van der Waals surface area contributed by atoms with Crippen LogP contribution in [0, 0.1) is 13.8 Å². The van der Waals surface area contributed by atoms with Crippen molar-refractivity contribution in [1.82, 2.24) is 4.90 Å². The summed E-state index contributed by atoms with van der Waals surface area (Å²) in [6.07, 6.45) is 3.05. The number of rotatable bonds is 4. The predicted molar refractivity (Wildman–Crippen MR) is 123 cm³/mol. The van der Waals surface area contributed by atoms with Gasteiger partial charge in [0.25, 0.3) is 5.91 Å². The number of hydrogen-bond acceptors (Lipinski definition) is 4. The number of carbonyl (C=O) groups excluding carboxylic acids is 3. The molecule has 1 atom stereocenters. The minimum Gasteiger partial charge on any atom is -0.341 e. The van der Waals surface area contributed by atoms with Gasteiger partial charge in [0.05, 0.1) is 5.69 Å². The third-order valence-corrected chi connectivity index (χ3v) is 6.83. The van der Waals surface area contributed by atoms with Gasteiger partial charge in [-0.3, -0.25) is 14.4 Å². The molecule has 0 aromatic heterocycles. The number of likely N-dealkylation sites (tertiary alicyclic amines) is 1. The van der Waals surface area contributed by atoms with Gasteiger partial charge in [0.2, 0.25) is 11.8 Å². The second-order valence-electron chi connectivity index (χ2n) is 8.20. The molecule has 1 unspecified atom stereocenters. The number of anilines is 2. The van der Waals surface area contributed by atoms with E-state index in [1.54, 1.807) is 4.90 Å². The average Bonchev–Trinajstić information content (AvgIpc) is 2.75. The SMILES string of the molecule is Cc1cc(C)cc(NC(=O)CN2C(=O)C(C(=O)N3CCCCC3)Sc3ccccc32)c1. The molecule has 2 heterocycles. The summed E-state index contributed by atoms with van der Waals surface area (Å²) in [6, 6.07) is 13.3. The fraction of sp³-hybridized carbons (Fsp3) is 0.375. The molecule has 2 aromatic rings. The molecule has 6 nitrogen and oxygen atoms in total. The lowest BCUT2D eigenvalue weighted by Crippen LogP contribution is -2.52. The van der Waals surface area contributed by atoms with Crippen LogP contribution in [0.2, 0.25) is 0 Å². The largest absolute Gasteiger partial charge is 0.341 e. The zero-order valence-electron chi connectivity index (χ0n) is 17.9. The molecular formula is C24H27N3O3S. The van der Waals surface area contributed by atoms with Crippen LogP contribution in [0.4, 0.5) is 11.4 Å². The zero-order chi connectivity index (χ0) is 22.0. The van der Waals surface area contributed by atoms with Crippen LogP contribution in [0.15, 0.2) is 47.4 Å². The van der Waals surface area contributed by atoms with Crippen molar-refractivity contribution in [2.24, 2.45) is 0 Å². The molecule has 0 bridgehead atoms. The Hall–Kier alpha value is -2.80. The number of nitrogens with one attached hydrogen (secondary N) is 1. The molecule has 162 valence electrons. The number of benzene rings is 2. The number of thioether (sulfide) groups is 1. The van der Waals surface area contributed by atoms with Crippen molar-refractivity contribution in [3.63, 3.8) is 0 Å². The van der Waals surface area contributed by atoms with Crippen LogP contribution in [0.5, 0.6) is 0 Å². The highest BCUT2D eigenvalue weighted by molar-refractivity contribution is 8.01. The Morgan fingerprint density at radius 2 is 1.71 bits per heavy atom. The summed E-state index contributed by atoms with van der Waals surface area (Å²) in [4.78, 5) is 43.4. The minimum atomic E-state index is -0.845. The summed E-state index contributed by atoms with van der Waals surface area (Å²) in [6.45, 7) is 5.20. The van der Waals surface area contributed by atoms with Gasteiger partial charge in [0.1, 0.15) is 6.54 Å². The van der Waals surface area contributed by atoms with Gasteiger partial charge in [-0.2, -0.15) is 0 Å². The Morgan fingerprint density at radius 3 is 2.42 bits per heavy atom. The van der Waals surface area contributed by atoms with Crippen LogP contribution in [-0.4, -0.2) is 47.5 Å². The second kappa shape index (κ2) is 9.14. The highest BCUT2D eigenvalue weighted by atomic mass is 32.2. The van der Waals surface area contributed by atoms with Gasteiger partial charge in [0, 0.05) is 23.7 Å². The van der Waals surface area contributed by atoms with Crippen LogP contribution in [0.25, 0.3) is 0 Å². The number of carbonyl (C=O) groups is 3. The molecule has 31 heavy (non-hydrogen) atoms. The number of amides is 3. The molecule has 2 aromatic carbocycles. The van der Waals surface area contributed by atoms with Crippen molar-refractivity contribution in [3.8, 4) is 0 Å². The highest BCUT2D eigenvalue weighted by Crippen LogP contribution is 2.40. The monoisotopic (exact) mass is 437 g/mol. The standard InChI is InChI=1S/C24H27N3O3S/c1-16-12-17(2)14-18(13-16)25-21(28)15-27-19-8-4-5-9-20(19)31-22(24(27)30)23(29)26-10-6-3-7-11-26/h4-5,8-9,12-14,22H,3,6-7,10-11,15H2,1-2H3,(H,25,28). The highest BCUT2D eigenvalue weighted by Gasteiger charge is 2.40. The lowest BCUT2D eigenvalue weighted by molar-refractivity contribution is -0.135. The maximum atomic E-state index is 13.3. The maximum Gasteiger partial charge on any atom is 0.250 e. The summed E-state index contributed by atoms with van der Waals surface area (Å²) < 4.78 is 0. The first-order valence-corrected chi connectivity index (χ1v) is 11.5. The first kappa shape index (κ1) is 21.4. The van der Waals surface area contributed by atoms with Gasteiger partial charge in [-0.25, -0.2) is 0 Å². The Morgan fingerprint density at radius 1 is 1.03 bits per heavy atom. The number of hydrogen-bond donors (Lipinski definition) is 1. The van der Waals surface area contributed by atoms with E-state index in [-0.39, 0.29) is 24.3 Å². The molecule has 7 heteroatoms. The first-order valence-electron chi connectivity index (χ1n) is 10.7. The molecule has 2 aliphatic heterocycles. The molecular weight excluding hydrogens is 410 g/mol. The maximum absolute atomic E-state index is 13.3. The minimum absolute atomic E-state index is 0.132. The lowest BCUT2D eigenvalue weighted by Gasteiger charge is -2.36. The van der Waals surface area contributed by atoms with Gasteiger partial charge < -0.3 is 15.1 Å². The van der Waals surface area contributed by atoms with Gasteiger partial charge in [-0.1, -0.05) is 18.2 Å². The van der Waals surface area contributed by atoms with E-state index >= 15 is 0 Å². The Labute approximate surface area is 187 Å². The first-order chi connectivity index (χ1) is 14.9. The molecule has 1 fully saturated rings. The van der Waals surface area contributed by atoms with E-state index in [1.807, 2.05) is 56.3 Å². The fourth-order valence-electron chi connectivity index (χ4n) is 4.21. The van der Waals surface area contributed by atoms with Gasteiger partial charge >= 0.3 is 0 Å². The summed E-state index contributed by atoms with van der Waals surface area (Å²) in [5.41, 5.74) is 3.49. The van der Waals surface area contributed by atoms with Crippen LogP contribution < -0.4 is 10.2 Å². The number of fused-ring (bicyclic) bond motifs is 1. The van der Waals surface area contributed by atoms with Gasteiger partial charge in [-0.15, -0.1) is 11.8 Å². The topological polar surface area (TPSA) is 69.7 Å². The van der Waals surface area contributed by atoms with Crippen molar-refractivity contribution >= 4 is 40.9 Å². The summed E-state index contributed by atoms with van der Waals surface area (Å²) in [5, 5.41) is 2.05. The van der Waals surface area contributed by atoms with Crippen molar-refractivity contribution in [2.75, 3.05) is 29.9 Å². The predicted octanol–water partition coefficient (Wildman–Crippen LogP) is 3.76. The molecule has 0 spiro atoms. The number of nitrogens with zero attached hydrogens (tertiary/aromatic N) is 2. The Kier molecular flexibility index (Phi) is 6.32. The Balaban J connectivity index is 1.55. The lowest BCUT2D eigenvalue weighted by atomic mass is 10.1. The van der Waals surface area contributed by atoms with E-state index in [1.165, 1.54) is 16.7 Å². The van der Waals surface area contributed by atoms with E-state index in [2.05, 4.69) is 5.32 Å². The molecule has 0 aliphatic carbocycles. The van der Waals surface area contributed by atoms with E-state index in [0.717, 1.165) is 35.3 Å². The van der Waals surface area contributed by atoms with E-state index < -0.39 is 5.25 Å². The van der Waals surface area contributed by atoms with Crippen LogP contribution in [0.1, 0.15) is 30.4 Å². The summed E-state index contributed by atoms with van der Waals surface area (Å²) in [7, 11) is 0. The van der Waals surface area contributed by atoms with Crippen molar-refractivity contribution in [1.29, 1.82) is 0 Å². The van der Waals surface area contributed by atoms with Crippen molar-refractivity contribution < 1.29 is 14.4 Å². The average molecular weight is 438 g/mol. The van der Waals surface area contributed by atoms with Crippen LogP contribution in [0.3, 0.4) is 0 Å². The molecule has 1 N–H and O–H groups in total. The zero-order valence-corrected chi connectivity index (χ0v) is 18.7. The molecule has 4 rings (SSSR count). The summed E-state index contributed by atoms with van der Waals surface area (Å²) in [5.74, 6) is -0.761. The normalized spacial score (nSPS) is 18.5. The number of aryl methyl sites for hydroxylation is 2. The quantitative estimate of drug-likeness (QED) is 0.740. The van der Waals surface area contributed by atoms with E-state index in [4.69, 9.17) is 0 Å². The number of para-hydroxylation sites is 1. The smallest absolute Gasteiger partial charge is 0.250 e. The molecule has 2 aliphatic rings. The van der Waals surface area contributed by atoms with Crippen molar-refractivity contribution in [2.45, 2.75) is 43.3 Å².